The zero-order chi connectivity index (χ0) is 12.9. The van der Waals surface area contributed by atoms with Gasteiger partial charge in [0, 0.05) is 0 Å². The maximum absolute atomic E-state index is 5.28. The normalized spacial score (nSPS) is 11.1. The van der Waals surface area contributed by atoms with E-state index in [1.807, 2.05) is 0 Å². The Bertz CT molecular complexity index is 190. The van der Waals surface area contributed by atoms with Crippen LogP contribution in [0.15, 0.2) is 25.3 Å². The van der Waals surface area contributed by atoms with Crippen molar-refractivity contribution in [2.75, 3.05) is 26.4 Å². The molecule has 0 fully saturated rings. The molecule has 0 rings (SSSR count). The fraction of sp³-hybridized carbons (Fsp3) is 0.556. The molecule has 0 aromatic heterocycles. The second kappa shape index (κ2) is 12.7. The van der Waals surface area contributed by atoms with Crippen molar-refractivity contribution in [1.82, 2.24) is 0 Å². The summed E-state index contributed by atoms with van der Waals surface area (Å²) in [5.41, 5.74) is 0. The van der Waals surface area contributed by atoms with Gasteiger partial charge in [-0.1, -0.05) is 12.2 Å². The van der Waals surface area contributed by atoms with Gasteiger partial charge in [0.2, 0.25) is 0 Å². The Morgan fingerprint density at radius 2 is 1.47 bits per heavy atom. The number of hydrogen-bond donors (Lipinski definition) is 0. The molecular formula is C9H15Cl2O5P. The third-order valence-corrected chi connectivity index (χ3v) is 2.80. The second-order valence-electron chi connectivity index (χ2n) is 2.74. The second-order valence-corrected chi connectivity index (χ2v) is 4.50. The Hall–Kier alpha value is 0.290. The molecule has 0 aromatic carbocycles. The van der Waals surface area contributed by atoms with E-state index < -0.39 is 14.7 Å². The van der Waals surface area contributed by atoms with Gasteiger partial charge in [-0.2, -0.15) is 8.15 Å². The number of rotatable bonds is 12. The van der Waals surface area contributed by atoms with E-state index in [2.05, 4.69) is 21.3 Å². The molecule has 0 unspecified atom stereocenters. The highest BCUT2D eigenvalue weighted by atomic mass is 35.5. The summed E-state index contributed by atoms with van der Waals surface area (Å²) in [5.74, 6) is 0. The molecule has 0 aliphatic heterocycles. The molecular weight excluding hydrogens is 290 g/mol. The van der Waals surface area contributed by atoms with Gasteiger partial charge in [-0.15, -0.1) is 13.2 Å². The summed E-state index contributed by atoms with van der Waals surface area (Å²) in [7, 11) is -1.82. The van der Waals surface area contributed by atoms with E-state index in [-0.39, 0.29) is 13.2 Å². The first kappa shape index (κ1) is 17.3. The first-order valence-corrected chi connectivity index (χ1v) is 6.41. The molecule has 100 valence electrons. The van der Waals surface area contributed by atoms with Gasteiger partial charge in [0.05, 0.1) is 50.2 Å². The highest BCUT2D eigenvalue weighted by Gasteiger charge is 2.20. The summed E-state index contributed by atoms with van der Waals surface area (Å²) in [5, 5.41) is 0. The van der Waals surface area contributed by atoms with Crippen LogP contribution in [0.2, 0.25) is 0 Å². The fourth-order valence-corrected chi connectivity index (χ4v) is 1.74. The summed E-state index contributed by atoms with van der Waals surface area (Å²) in [4.78, 5) is 0. The van der Waals surface area contributed by atoms with Crippen molar-refractivity contribution in [1.29, 1.82) is 0 Å². The van der Waals surface area contributed by atoms with Gasteiger partial charge in [0.15, 0.2) is 0 Å². The van der Waals surface area contributed by atoms with Gasteiger partial charge in [0.1, 0.15) is 6.10 Å². The standard InChI is InChI=1S/C9H15Cl2O5P/c1-3-5-12-7-9(8-13-6-4-2)14-17(15-10)16-11/h3-4,9H,1-2,5-8H2. The van der Waals surface area contributed by atoms with Crippen molar-refractivity contribution in [2.24, 2.45) is 0 Å². The van der Waals surface area contributed by atoms with Gasteiger partial charge in [-0.05, 0) is 0 Å². The molecule has 0 N–H and O–H groups in total. The van der Waals surface area contributed by atoms with Crippen molar-refractivity contribution in [3.63, 3.8) is 0 Å². The number of hydrogen-bond acceptors (Lipinski definition) is 5. The van der Waals surface area contributed by atoms with Crippen LogP contribution in [0, 0.1) is 0 Å². The zero-order valence-electron chi connectivity index (χ0n) is 9.22. The first-order chi connectivity index (χ1) is 8.28. The molecule has 0 heterocycles. The van der Waals surface area contributed by atoms with Crippen LogP contribution < -0.4 is 0 Å². The molecule has 0 aliphatic rings. The third kappa shape index (κ3) is 9.94. The molecule has 0 aromatic rings. The van der Waals surface area contributed by atoms with E-state index in [1.54, 1.807) is 12.2 Å². The lowest BCUT2D eigenvalue weighted by molar-refractivity contribution is 0.00386. The van der Waals surface area contributed by atoms with E-state index in [0.717, 1.165) is 0 Å². The largest absolute Gasteiger partial charge is 0.375 e. The van der Waals surface area contributed by atoms with Crippen molar-refractivity contribution >= 4 is 32.3 Å². The Balaban J connectivity index is 3.98. The van der Waals surface area contributed by atoms with Gasteiger partial charge < -0.3 is 14.0 Å². The van der Waals surface area contributed by atoms with E-state index >= 15 is 0 Å². The molecule has 0 saturated heterocycles. The van der Waals surface area contributed by atoms with Crippen LogP contribution >= 0.6 is 32.3 Å². The van der Waals surface area contributed by atoms with Gasteiger partial charge in [-0.3, -0.25) is 0 Å². The average Bonchev–Trinajstić information content (AvgIpc) is 2.35. The van der Waals surface area contributed by atoms with Crippen LogP contribution in [0.5, 0.6) is 0 Å². The monoisotopic (exact) mass is 304 g/mol. The SMILES string of the molecule is C=CCOCC(COCC=C)OP(OCl)OCl. The van der Waals surface area contributed by atoms with Crippen LogP contribution in [-0.4, -0.2) is 32.5 Å². The van der Waals surface area contributed by atoms with Gasteiger partial charge in [0.25, 0.3) is 0 Å². The quantitative estimate of drug-likeness (QED) is 0.314. The van der Waals surface area contributed by atoms with E-state index in [4.69, 9.17) is 37.7 Å². The minimum atomic E-state index is -1.82. The summed E-state index contributed by atoms with van der Waals surface area (Å²) < 4.78 is 24.4. The summed E-state index contributed by atoms with van der Waals surface area (Å²) in [6, 6.07) is 0. The highest BCUT2D eigenvalue weighted by Crippen LogP contribution is 2.43. The van der Waals surface area contributed by atoms with E-state index in [1.165, 1.54) is 0 Å². The van der Waals surface area contributed by atoms with E-state index in [0.29, 0.717) is 13.2 Å². The molecule has 0 amide bonds. The molecule has 0 aliphatic carbocycles. The van der Waals surface area contributed by atoms with Crippen molar-refractivity contribution < 1.29 is 22.1 Å². The zero-order valence-corrected chi connectivity index (χ0v) is 11.6. The maximum Gasteiger partial charge on any atom is 0.368 e. The van der Waals surface area contributed by atoms with Crippen LogP contribution in [0.4, 0.5) is 0 Å². The smallest absolute Gasteiger partial charge is 0.368 e. The van der Waals surface area contributed by atoms with Crippen molar-refractivity contribution in [3.8, 4) is 0 Å². The van der Waals surface area contributed by atoms with Crippen LogP contribution in [0.25, 0.3) is 0 Å². The lowest BCUT2D eigenvalue weighted by atomic mass is 10.4. The predicted octanol–water partition coefficient (Wildman–Crippen LogP) is 3.34. The third-order valence-electron chi connectivity index (χ3n) is 1.43. The lowest BCUT2D eigenvalue weighted by Gasteiger charge is -2.18. The molecule has 17 heavy (non-hydrogen) atoms. The Labute approximate surface area is 113 Å². The molecule has 0 saturated carbocycles. The maximum atomic E-state index is 5.28. The molecule has 5 nitrogen and oxygen atoms in total. The average molecular weight is 305 g/mol. The summed E-state index contributed by atoms with van der Waals surface area (Å²) in [6.45, 7) is 8.43. The minimum Gasteiger partial charge on any atom is -0.375 e. The van der Waals surface area contributed by atoms with Crippen molar-refractivity contribution in [2.45, 2.75) is 6.10 Å². The van der Waals surface area contributed by atoms with Gasteiger partial charge >= 0.3 is 8.60 Å². The molecule has 0 bridgehead atoms. The van der Waals surface area contributed by atoms with Crippen LogP contribution in [0.1, 0.15) is 0 Å². The minimum absolute atomic E-state index is 0.280. The molecule has 8 heteroatoms. The van der Waals surface area contributed by atoms with Crippen molar-refractivity contribution in [3.05, 3.63) is 25.3 Å². The van der Waals surface area contributed by atoms with E-state index in [9.17, 15) is 0 Å². The lowest BCUT2D eigenvalue weighted by Crippen LogP contribution is -2.24. The highest BCUT2D eigenvalue weighted by molar-refractivity contribution is 7.43. The summed E-state index contributed by atoms with van der Waals surface area (Å²) >= 11 is 10.2. The Morgan fingerprint density at radius 1 is 1.00 bits per heavy atom. The Morgan fingerprint density at radius 3 is 1.82 bits per heavy atom. The molecule has 0 atom stereocenters. The number of halogens is 2. The molecule has 0 spiro atoms. The van der Waals surface area contributed by atoms with Crippen LogP contribution in [-0.2, 0) is 22.1 Å². The first-order valence-electron chi connectivity index (χ1n) is 4.70. The molecule has 0 radical (unpaired) electrons. The number of ether oxygens (including phenoxy) is 2. The van der Waals surface area contributed by atoms with Crippen LogP contribution in [0.3, 0.4) is 0 Å². The predicted molar refractivity (Wildman–Crippen MR) is 67.7 cm³/mol. The topological polar surface area (TPSA) is 46.2 Å². The summed E-state index contributed by atoms with van der Waals surface area (Å²) in [6.07, 6.45) is 2.85. The Kier molecular flexibility index (Phi) is 13.0. The fourth-order valence-electron chi connectivity index (χ4n) is 0.840. The van der Waals surface area contributed by atoms with Gasteiger partial charge in [-0.25, -0.2) is 0 Å².